The van der Waals surface area contributed by atoms with Gasteiger partial charge >= 0.3 is 5.97 Å². The molecule has 0 unspecified atom stereocenters. The van der Waals surface area contributed by atoms with Crippen LogP contribution in [0.1, 0.15) is 31.7 Å². The zero-order valence-corrected chi connectivity index (χ0v) is 16.7. The maximum absolute atomic E-state index is 12.5. The maximum Gasteiger partial charge on any atom is 0.328 e. The first-order valence-electron chi connectivity index (χ1n) is 9.14. The summed E-state index contributed by atoms with van der Waals surface area (Å²) in [5, 5.41) is 8.62. The van der Waals surface area contributed by atoms with Crippen LogP contribution in [0, 0.1) is 0 Å². The molecule has 0 aromatic heterocycles. The van der Waals surface area contributed by atoms with E-state index in [2.05, 4.69) is 0 Å². The van der Waals surface area contributed by atoms with Crippen molar-refractivity contribution in [2.24, 2.45) is 0 Å². The van der Waals surface area contributed by atoms with Crippen LogP contribution in [0.4, 0.5) is 0 Å². The fourth-order valence-electron chi connectivity index (χ4n) is 2.93. The Balaban J connectivity index is 1.85. The molecule has 1 aliphatic carbocycles. The minimum atomic E-state index is -1.000. The van der Waals surface area contributed by atoms with E-state index in [1.165, 1.54) is 20.3 Å². The van der Waals surface area contributed by atoms with Gasteiger partial charge in [0.1, 0.15) is 5.75 Å². The van der Waals surface area contributed by atoms with Crippen molar-refractivity contribution in [1.82, 2.24) is 0 Å². The summed E-state index contributed by atoms with van der Waals surface area (Å²) >= 11 is 0. The third-order valence-corrected chi connectivity index (χ3v) is 4.48. The number of rotatable bonds is 10. The summed E-state index contributed by atoms with van der Waals surface area (Å²) < 4.78 is 15.8. The van der Waals surface area contributed by atoms with E-state index in [1.54, 1.807) is 31.2 Å². The summed E-state index contributed by atoms with van der Waals surface area (Å²) in [6.07, 6.45) is 4.39. The molecule has 0 fully saturated rings. The zero-order chi connectivity index (χ0) is 21.4. The standard InChI is InChI=1S/C22H24O7/c1-14-17(20(26)22(28-3)21(27-2)19(14)25)6-4-5-13-29-16-10-7-15(8-11-16)9-12-18(23)24/h7-12H,4-6,13H2,1-3H3,(H,23,24). The van der Waals surface area contributed by atoms with E-state index in [-0.39, 0.29) is 23.1 Å². The third-order valence-electron chi connectivity index (χ3n) is 4.48. The van der Waals surface area contributed by atoms with E-state index in [0.29, 0.717) is 42.8 Å². The summed E-state index contributed by atoms with van der Waals surface area (Å²) in [4.78, 5) is 35.4. The first kappa shape index (κ1) is 21.9. The van der Waals surface area contributed by atoms with Crippen molar-refractivity contribution in [2.75, 3.05) is 20.8 Å². The number of aliphatic carboxylic acids is 1. The monoisotopic (exact) mass is 400 g/mol. The quantitative estimate of drug-likeness (QED) is 0.365. The average Bonchev–Trinajstić information content (AvgIpc) is 2.71. The van der Waals surface area contributed by atoms with Crippen LogP contribution in [0.5, 0.6) is 5.75 Å². The predicted octanol–water partition coefficient (Wildman–Crippen LogP) is 3.31. The van der Waals surface area contributed by atoms with Crippen molar-refractivity contribution in [3.63, 3.8) is 0 Å². The van der Waals surface area contributed by atoms with Crippen LogP contribution in [0.2, 0.25) is 0 Å². The van der Waals surface area contributed by atoms with Gasteiger partial charge in [-0.1, -0.05) is 12.1 Å². The van der Waals surface area contributed by atoms with Crippen LogP contribution in [0.25, 0.3) is 6.08 Å². The third kappa shape index (κ3) is 5.57. The van der Waals surface area contributed by atoms with Gasteiger partial charge in [-0.15, -0.1) is 0 Å². The molecule has 7 heteroatoms. The lowest BCUT2D eigenvalue weighted by atomic mass is 9.90. The Morgan fingerprint density at radius 2 is 1.62 bits per heavy atom. The van der Waals surface area contributed by atoms with Gasteiger partial charge in [0.05, 0.1) is 20.8 Å². The Labute approximate surface area is 169 Å². The van der Waals surface area contributed by atoms with Crippen LogP contribution in [0.15, 0.2) is 53.0 Å². The number of ketones is 2. The normalized spacial score (nSPS) is 14.6. The molecular weight excluding hydrogens is 376 g/mol. The highest BCUT2D eigenvalue weighted by atomic mass is 16.5. The molecule has 7 nitrogen and oxygen atoms in total. The Bertz CT molecular complexity index is 873. The van der Waals surface area contributed by atoms with Gasteiger partial charge < -0.3 is 19.3 Å². The number of methoxy groups -OCH3 is 2. The number of Topliss-reactive ketones (excluding diaryl/α,β-unsaturated/α-hetero) is 2. The van der Waals surface area contributed by atoms with Crippen LogP contribution in [0.3, 0.4) is 0 Å². The number of carbonyl (C=O) groups is 3. The zero-order valence-electron chi connectivity index (χ0n) is 16.7. The number of carboxylic acids is 1. The van der Waals surface area contributed by atoms with Crippen molar-refractivity contribution in [1.29, 1.82) is 0 Å². The van der Waals surface area contributed by atoms with Gasteiger partial charge in [-0.25, -0.2) is 4.79 Å². The Morgan fingerprint density at radius 3 is 2.21 bits per heavy atom. The molecule has 2 rings (SSSR count). The van der Waals surface area contributed by atoms with Crippen LogP contribution >= 0.6 is 0 Å². The van der Waals surface area contributed by atoms with Crippen LogP contribution < -0.4 is 4.74 Å². The molecule has 0 aliphatic heterocycles. The van der Waals surface area contributed by atoms with Gasteiger partial charge in [0, 0.05) is 17.2 Å². The molecule has 0 saturated carbocycles. The van der Waals surface area contributed by atoms with Gasteiger partial charge in [-0.05, 0) is 50.0 Å². The topological polar surface area (TPSA) is 99.1 Å². The predicted molar refractivity (Wildman–Crippen MR) is 106 cm³/mol. The Hall–Kier alpha value is -3.35. The lowest BCUT2D eigenvalue weighted by Gasteiger charge is -2.20. The maximum atomic E-state index is 12.5. The van der Waals surface area contributed by atoms with Gasteiger partial charge in [0.15, 0.2) is 0 Å². The number of hydrogen-bond acceptors (Lipinski definition) is 6. The smallest absolute Gasteiger partial charge is 0.328 e. The molecule has 1 aromatic carbocycles. The fourth-order valence-corrected chi connectivity index (χ4v) is 2.93. The molecule has 1 N–H and O–H groups in total. The number of allylic oxidation sites excluding steroid dienone is 2. The molecule has 0 heterocycles. The molecule has 0 saturated heterocycles. The van der Waals surface area contributed by atoms with E-state index >= 15 is 0 Å². The first-order chi connectivity index (χ1) is 13.9. The highest BCUT2D eigenvalue weighted by molar-refractivity contribution is 6.23. The lowest BCUT2D eigenvalue weighted by molar-refractivity contribution is -0.131. The summed E-state index contributed by atoms with van der Waals surface area (Å²) in [5.41, 5.74) is 1.60. The van der Waals surface area contributed by atoms with E-state index < -0.39 is 5.97 Å². The number of unbranched alkanes of at least 4 members (excludes halogenated alkanes) is 1. The Morgan fingerprint density at radius 1 is 1.00 bits per heavy atom. The first-order valence-corrected chi connectivity index (χ1v) is 9.14. The molecule has 154 valence electrons. The molecule has 1 aromatic rings. The van der Waals surface area contributed by atoms with Crippen molar-refractivity contribution >= 4 is 23.6 Å². The second kappa shape index (κ2) is 10.3. The minimum absolute atomic E-state index is 0.0496. The largest absolute Gasteiger partial charge is 0.494 e. The van der Waals surface area contributed by atoms with Gasteiger partial charge in [-0.3, -0.25) is 9.59 Å². The number of carboxylic acid groups (broad SMARTS) is 1. The van der Waals surface area contributed by atoms with Crippen LogP contribution in [-0.4, -0.2) is 43.5 Å². The highest BCUT2D eigenvalue weighted by Gasteiger charge is 2.34. The second-order valence-corrected chi connectivity index (χ2v) is 6.37. The molecule has 0 spiro atoms. The molecule has 0 radical (unpaired) electrons. The Kier molecular flexibility index (Phi) is 7.77. The van der Waals surface area contributed by atoms with E-state index in [1.807, 2.05) is 0 Å². The molecule has 1 aliphatic rings. The van der Waals surface area contributed by atoms with E-state index in [9.17, 15) is 14.4 Å². The number of carbonyl (C=O) groups excluding carboxylic acids is 2. The van der Waals surface area contributed by atoms with Crippen molar-refractivity contribution in [2.45, 2.75) is 26.2 Å². The molecule has 29 heavy (non-hydrogen) atoms. The number of benzene rings is 1. The minimum Gasteiger partial charge on any atom is -0.494 e. The molecular formula is C22H24O7. The summed E-state index contributed by atoms with van der Waals surface area (Å²) in [6, 6.07) is 7.06. The van der Waals surface area contributed by atoms with Gasteiger partial charge in [0.2, 0.25) is 23.1 Å². The summed E-state index contributed by atoms with van der Waals surface area (Å²) in [6.45, 7) is 2.08. The van der Waals surface area contributed by atoms with Crippen molar-refractivity contribution in [3.05, 3.63) is 58.6 Å². The van der Waals surface area contributed by atoms with Gasteiger partial charge in [-0.2, -0.15) is 0 Å². The van der Waals surface area contributed by atoms with Crippen molar-refractivity contribution in [3.8, 4) is 5.75 Å². The summed E-state index contributed by atoms with van der Waals surface area (Å²) in [7, 11) is 2.68. The van der Waals surface area contributed by atoms with Gasteiger partial charge in [0.25, 0.3) is 0 Å². The van der Waals surface area contributed by atoms with E-state index in [4.69, 9.17) is 19.3 Å². The number of hydrogen-bond donors (Lipinski definition) is 1. The average molecular weight is 400 g/mol. The van der Waals surface area contributed by atoms with E-state index in [0.717, 1.165) is 11.6 Å². The molecule has 0 amide bonds. The molecule has 0 atom stereocenters. The lowest BCUT2D eigenvalue weighted by Crippen LogP contribution is -2.25. The summed E-state index contributed by atoms with van der Waals surface area (Å²) in [5.74, 6) is -1.07. The SMILES string of the molecule is COC1=C(OC)C(=O)C(CCCCOc2ccc(C=CC(=O)O)cc2)=C(C)C1=O. The number of ether oxygens (including phenoxy) is 3. The van der Waals surface area contributed by atoms with Crippen molar-refractivity contribution < 1.29 is 33.7 Å². The fraction of sp³-hybridized carbons (Fsp3) is 0.318. The second-order valence-electron chi connectivity index (χ2n) is 6.37. The molecule has 0 bridgehead atoms. The van der Waals surface area contributed by atoms with Crippen LogP contribution in [-0.2, 0) is 23.9 Å². The highest BCUT2D eigenvalue weighted by Crippen LogP contribution is 2.28.